The van der Waals surface area contributed by atoms with Crippen molar-refractivity contribution in [3.63, 3.8) is 0 Å². The lowest BCUT2D eigenvalue weighted by Crippen LogP contribution is -2.45. The van der Waals surface area contributed by atoms with E-state index in [2.05, 4.69) is 20.3 Å². The number of benzene rings is 2. The Labute approximate surface area is 278 Å². The van der Waals surface area contributed by atoms with E-state index in [1.165, 1.54) is 29.8 Å². The van der Waals surface area contributed by atoms with Gasteiger partial charge in [0.15, 0.2) is 23.7 Å². The van der Waals surface area contributed by atoms with Gasteiger partial charge in [-0.05, 0) is 37.3 Å². The Hall–Kier alpha value is -3.85. The van der Waals surface area contributed by atoms with Crippen molar-refractivity contribution in [1.82, 2.24) is 25.0 Å². The van der Waals surface area contributed by atoms with Crippen molar-refractivity contribution in [3.8, 4) is 22.5 Å². The minimum absolute atomic E-state index is 0.0354. The van der Waals surface area contributed by atoms with Crippen LogP contribution in [0.5, 0.6) is 0 Å². The number of rotatable bonds is 11. The van der Waals surface area contributed by atoms with Crippen LogP contribution in [0.15, 0.2) is 90.3 Å². The molecule has 3 unspecified atom stereocenters. The van der Waals surface area contributed by atoms with Crippen LogP contribution in [-0.2, 0) is 25.5 Å². The molecule has 0 saturated carbocycles. The van der Waals surface area contributed by atoms with Gasteiger partial charge in [-0.2, -0.15) is 0 Å². The van der Waals surface area contributed by atoms with Crippen molar-refractivity contribution in [3.05, 3.63) is 113 Å². The molecule has 4 heterocycles. The molecule has 9 nitrogen and oxygen atoms in total. The van der Waals surface area contributed by atoms with Gasteiger partial charge < -0.3 is 18.9 Å². The highest BCUT2D eigenvalue weighted by Crippen LogP contribution is 2.38. The number of nitrogens with zero attached hydrogens (tertiary/aromatic N) is 5. The molecule has 0 spiro atoms. The molecule has 1 aliphatic heterocycles. The average molecular weight is 684 g/mol. The molecular formula is C33H29ClF3N5O4S. The van der Waals surface area contributed by atoms with Gasteiger partial charge in [0, 0.05) is 47.3 Å². The molecule has 1 fully saturated rings. The first-order valence-electron chi connectivity index (χ1n) is 14.6. The van der Waals surface area contributed by atoms with Crippen LogP contribution in [0.4, 0.5) is 13.2 Å². The maximum absolute atomic E-state index is 13.9. The SMILES string of the molecule is CO[C@@H](Cn1cc(-c2cc(F)c(F)c(F)c2)nn1)C(OC1COC(c2ccccc2)O[C@@H]1C)Sc1cc(Cl)cnc1-c1cccnc1. The van der Waals surface area contributed by atoms with E-state index >= 15 is 0 Å². The quantitative estimate of drug-likeness (QED) is 0.0819. The largest absolute Gasteiger partial charge is 0.376 e. The molecule has 1 aliphatic rings. The van der Waals surface area contributed by atoms with Crippen molar-refractivity contribution < 1.29 is 32.1 Å². The van der Waals surface area contributed by atoms with Crippen LogP contribution < -0.4 is 0 Å². The third kappa shape index (κ3) is 7.83. The predicted molar refractivity (Wildman–Crippen MR) is 169 cm³/mol. The van der Waals surface area contributed by atoms with E-state index in [4.69, 9.17) is 30.5 Å². The second-order valence-corrected chi connectivity index (χ2v) is 12.3. The summed E-state index contributed by atoms with van der Waals surface area (Å²) in [5.41, 5.74) is 1.81. The van der Waals surface area contributed by atoms with Gasteiger partial charge in [0.1, 0.15) is 23.3 Å². The molecule has 244 valence electrons. The van der Waals surface area contributed by atoms with Gasteiger partial charge in [-0.1, -0.05) is 58.9 Å². The lowest BCUT2D eigenvalue weighted by Gasteiger charge is -2.38. The van der Waals surface area contributed by atoms with E-state index in [9.17, 15) is 13.2 Å². The number of halogens is 4. The Kier molecular flexibility index (Phi) is 10.5. The molecule has 0 bridgehead atoms. The van der Waals surface area contributed by atoms with Crippen LogP contribution in [0.3, 0.4) is 0 Å². The lowest BCUT2D eigenvalue weighted by atomic mass is 10.1. The van der Waals surface area contributed by atoms with Gasteiger partial charge in [-0.15, -0.1) is 5.10 Å². The smallest absolute Gasteiger partial charge is 0.194 e. The molecule has 1 saturated heterocycles. The standard InChI is InChI=1S/C33H29ClF3N5O4S/c1-19-28(18-44-32(45-19)20-7-4-3-5-8-20)46-33(47-29-13-23(34)15-39-31(29)21-9-6-10-38-14-21)27(43-2)17-42-16-26(40-41-42)22-11-24(35)30(37)25(36)12-22/h3-16,19,27-28,32-33H,17-18H2,1-2H3/t19-,27+,28?,32?,33?/m1/s1. The van der Waals surface area contributed by atoms with Crippen molar-refractivity contribution in [1.29, 1.82) is 0 Å². The summed E-state index contributed by atoms with van der Waals surface area (Å²) in [7, 11) is 1.53. The first-order valence-corrected chi connectivity index (χ1v) is 15.8. The van der Waals surface area contributed by atoms with E-state index in [0.717, 1.165) is 23.3 Å². The predicted octanol–water partition coefficient (Wildman–Crippen LogP) is 7.13. The molecule has 5 atom stereocenters. The van der Waals surface area contributed by atoms with Gasteiger partial charge in [-0.25, -0.2) is 17.9 Å². The molecule has 0 radical (unpaired) electrons. The third-order valence-corrected chi connectivity index (χ3v) is 8.86. The molecule has 2 aromatic carbocycles. The number of hydrogen-bond acceptors (Lipinski definition) is 9. The average Bonchev–Trinajstić information content (AvgIpc) is 3.56. The van der Waals surface area contributed by atoms with E-state index in [-0.39, 0.29) is 30.5 Å². The van der Waals surface area contributed by atoms with Crippen LogP contribution in [0, 0.1) is 17.5 Å². The van der Waals surface area contributed by atoms with Gasteiger partial charge in [0.05, 0.1) is 36.2 Å². The zero-order chi connectivity index (χ0) is 32.9. The molecule has 0 aliphatic carbocycles. The highest BCUT2D eigenvalue weighted by Gasteiger charge is 2.36. The Morgan fingerprint density at radius 2 is 1.83 bits per heavy atom. The first-order chi connectivity index (χ1) is 22.8. The van der Waals surface area contributed by atoms with E-state index in [1.807, 2.05) is 49.4 Å². The number of methoxy groups -OCH3 is 1. The Balaban J connectivity index is 1.28. The van der Waals surface area contributed by atoms with Crippen molar-refractivity contribution >= 4 is 23.4 Å². The lowest BCUT2D eigenvalue weighted by molar-refractivity contribution is -0.267. The zero-order valence-corrected chi connectivity index (χ0v) is 26.7. The molecule has 0 N–H and O–H groups in total. The Morgan fingerprint density at radius 3 is 2.53 bits per heavy atom. The third-order valence-electron chi connectivity index (χ3n) is 7.44. The van der Waals surface area contributed by atoms with E-state index in [1.54, 1.807) is 24.7 Å². The molecule has 5 aromatic rings. The van der Waals surface area contributed by atoms with Gasteiger partial charge in [0.25, 0.3) is 0 Å². The van der Waals surface area contributed by atoms with E-state index in [0.29, 0.717) is 15.6 Å². The number of ether oxygens (including phenoxy) is 4. The molecule has 3 aromatic heterocycles. The summed E-state index contributed by atoms with van der Waals surface area (Å²) < 4.78 is 67.8. The van der Waals surface area contributed by atoms with Gasteiger partial charge >= 0.3 is 0 Å². The monoisotopic (exact) mass is 683 g/mol. The molecular weight excluding hydrogens is 655 g/mol. The fourth-order valence-corrected chi connectivity index (χ4v) is 6.47. The number of thioether (sulfide) groups is 1. The normalized spacial score (nSPS) is 19.4. The summed E-state index contributed by atoms with van der Waals surface area (Å²) in [4.78, 5) is 9.52. The van der Waals surface area contributed by atoms with Crippen LogP contribution in [-0.4, -0.2) is 62.4 Å². The second kappa shape index (κ2) is 14.9. The summed E-state index contributed by atoms with van der Waals surface area (Å²) in [6.45, 7) is 2.28. The highest BCUT2D eigenvalue weighted by atomic mass is 35.5. The van der Waals surface area contributed by atoms with Crippen molar-refractivity contribution in [2.45, 2.75) is 48.4 Å². The van der Waals surface area contributed by atoms with Crippen molar-refractivity contribution in [2.24, 2.45) is 0 Å². The maximum atomic E-state index is 13.9. The molecule has 0 amide bonds. The topological polar surface area (TPSA) is 93.4 Å². The van der Waals surface area contributed by atoms with Crippen LogP contribution in [0.1, 0.15) is 18.8 Å². The minimum Gasteiger partial charge on any atom is -0.376 e. The fraction of sp³-hybridized carbons (Fsp3) is 0.273. The van der Waals surface area contributed by atoms with Crippen LogP contribution in [0.2, 0.25) is 5.02 Å². The van der Waals surface area contributed by atoms with Crippen molar-refractivity contribution in [2.75, 3.05) is 13.7 Å². The fourth-order valence-electron chi connectivity index (χ4n) is 4.97. The van der Waals surface area contributed by atoms with E-state index < -0.39 is 41.4 Å². The number of hydrogen-bond donors (Lipinski definition) is 0. The van der Waals surface area contributed by atoms with Gasteiger partial charge in [-0.3, -0.25) is 9.97 Å². The maximum Gasteiger partial charge on any atom is 0.194 e. The second-order valence-electron chi connectivity index (χ2n) is 10.7. The van der Waals surface area contributed by atoms with Gasteiger partial charge in [0.2, 0.25) is 0 Å². The molecule has 47 heavy (non-hydrogen) atoms. The summed E-state index contributed by atoms with van der Waals surface area (Å²) >= 11 is 7.75. The first kappa shape index (κ1) is 33.1. The summed E-state index contributed by atoms with van der Waals surface area (Å²) in [5.74, 6) is -4.21. The Bertz CT molecular complexity index is 1780. The van der Waals surface area contributed by atoms with Crippen LogP contribution >= 0.6 is 23.4 Å². The summed E-state index contributed by atoms with van der Waals surface area (Å²) in [6, 6.07) is 16.9. The summed E-state index contributed by atoms with van der Waals surface area (Å²) in [5, 5.41) is 8.59. The number of aromatic nitrogens is 5. The zero-order valence-electron chi connectivity index (χ0n) is 25.2. The minimum atomic E-state index is -1.56. The highest BCUT2D eigenvalue weighted by molar-refractivity contribution is 8.00. The van der Waals surface area contributed by atoms with Crippen LogP contribution in [0.25, 0.3) is 22.5 Å². The molecule has 6 rings (SSSR count). The summed E-state index contributed by atoms with van der Waals surface area (Å²) in [6.07, 6.45) is 4.38. The molecule has 14 heteroatoms. The Morgan fingerprint density at radius 1 is 1.04 bits per heavy atom. The number of pyridine rings is 2.